The molecule has 2 aromatic rings. The van der Waals surface area contributed by atoms with Gasteiger partial charge in [-0.1, -0.05) is 6.92 Å². The molecule has 2 aliphatic rings. The average Bonchev–Trinajstić information content (AvgIpc) is 2.89. The van der Waals surface area contributed by atoms with Crippen molar-refractivity contribution >= 4 is 28.4 Å². The fourth-order valence-corrected chi connectivity index (χ4v) is 3.89. The van der Waals surface area contributed by atoms with Crippen molar-refractivity contribution in [1.29, 1.82) is 0 Å². The van der Waals surface area contributed by atoms with Gasteiger partial charge in [0.05, 0.1) is 11.2 Å². The van der Waals surface area contributed by atoms with Crippen LogP contribution in [0.1, 0.15) is 39.0 Å². The van der Waals surface area contributed by atoms with Gasteiger partial charge in [-0.3, -0.25) is 14.4 Å². The Morgan fingerprint density at radius 2 is 1.65 bits per heavy atom. The van der Waals surface area contributed by atoms with Gasteiger partial charge in [0.15, 0.2) is 0 Å². The molecule has 0 N–H and O–H groups in total. The Bertz CT molecular complexity index is 1010. The zero-order valence-corrected chi connectivity index (χ0v) is 14.5. The number of benzene rings is 1. The first-order valence-electron chi connectivity index (χ1n) is 8.97. The molecule has 0 atom stereocenters. The Labute approximate surface area is 149 Å². The van der Waals surface area contributed by atoms with Gasteiger partial charge in [0.1, 0.15) is 5.82 Å². The third-order valence-electron chi connectivity index (χ3n) is 5.14. The van der Waals surface area contributed by atoms with Crippen molar-refractivity contribution < 1.29 is 14.0 Å². The SMILES string of the molecule is CCCn1c(=O)ccc2cc(F)c(N3C(=O)C4=C(CCCC4)C3=O)cc21. The first-order chi connectivity index (χ1) is 12.5. The van der Waals surface area contributed by atoms with Gasteiger partial charge in [-0.2, -0.15) is 0 Å². The highest BCUT2D eigenvalue weighted by Gasteiger charge is 2.40. The monoisotopic (exact) mass is 354 g/mol. The number of aromatic nitrogens is 1. The van der Waals surface area contributed by atoms with Crippen LogP contribution in [0.3, 0.4) is 0 Å². The second-order valence-electron chi connectivity index (χ2n) is 6.80. The van der Waals surface area contributed by atoms with Gasteiger partial charge in [-0.25, -0.2) is 9.29 Å². The summed E-state index contributed by atoms with van der Waals surface area (Å²) in [6.07, 6.45) is 3.59. The van der Waals surface area contributed by atoms with Crippen LogP contribution in [0.5, 0.6) is 0 Å². The zero-order valence-electron chi connectivity index (χ0n) is 14.5. The van der Waals surface area contributed by atoms with Crippen molar-refractivity contribution in [1.82, 2.24) is 4.57 Å². The molecule has 0 saturated heterocycles. The number of hydrogen-bond acceptors (Lipinski definition) is 3. The summed E-state index contributed by atoms with van der Waals surface area (Å²) < 4.78 is 16.3. The molecule has 1 aliphatic carbocycles. The molecule has 4 rings (SSSR count). The molecule has 1 aromatic heterocycles. The highest BCUT2D eigenvalue weighted by atomic mass is 19.1. The summed E-state index contributed by atoms with van der Waals surface area (Å²) in [6, 6.07) is 5.71. The number of halogens is 1. The first kappa shape index (κ1) is 16.7. The summed E-state index contributed by atoms with van der Waals surface area (Å²) in [5, 5.41) is 0.566. The van der Waals surface area contributed by atoms with E-state index in [0.29, 0.717) is 41.4 Å². The van der Waals surface area contributed by atoms with Crippen LogP contribution in [0, 0.1) is 5.82 Å². The van der Waals surface area contributed by atoms with Crippen molar-refractivity contribution in [2.75, 3.05) is 4.90 Å². The molecule has 0 spiro atoms. The van der Waals surface area contributed by atoms with E-state index < -0.39 is 17.6 Å². The van der Waals surface area contributed by atoms with Crippen molar-refractivity contribution in [3.8, 4) is 0 Å². The molecule has 0 fully saturated rings. The minimum Gasteiger partial charge on any atom is -0.308 e. The number of carbonyl (C=O) groups excluding carboxylic acids is 2. The Hall–Kier alpha value is -2.76. The van der Waals surface area contributed by atoms with Crippen LogP contribution in [-0.2, 0) is 16.1 Å². The fourth-order valence-electron chi connectivity index (χ4n) is 3.89. The van der Waals surface area contributed by atoms with E-state index in [-0.39, 0.29) is 11.2 Å². The first-order valence-corrected chi connectivity index (χ1v) is 8.97. The Morgan fingerprint density at radius 3 is 2.27 bits per heavy atom. The molecule has 26 heavy (non-hydrogen) atoms. The van der Waals surface area contributed by atoms with E-state index in [2.05, 4.69) is 0 Å². The predicted octanol–water partition coefficient (Wildman–Crippen LogP) is 3.29. The fraction of sp³-hybridized carbons (Fsp3) is 0.350. The normalized spacial score (nSPS) is 17.4. The lowest BCUT2D eigenvalue weighted by molar-refractivity contribution is -0.120. The van der Waals surface area contributed by atoms with E-state index in [0.717, 1.165) is 24.2 Å². The number of pyridine rings is 1. The molecule has 0 unspecified atom stereocenters. The third-order valence-corrected chi connectivity index (χ3v) is 5.14. The summed E-state index contributed by atoms with van der Waals surface area (Å²) in [5.74, 6) is -1.49. The van der Waals surface area contributed by atoms with Crippen molar-refractivity contribution in [3.63, 3.8) is 0 Å². The van der Waals surface area contributed by atoms with Crippen LogP contribution in [0.2, 0.25) is 0 Å². The average molecular weight is 354 g/mol. The molecule has 0 saturated carbocycles. The number of nitrogens with zero attached hydrogens (tertiary/aromatic N) is 2. The van der Waals surface area contributed by atoms with Gasteiger partial charge < -0.3 is 4.57 Å². The highest BCUT2D eigenvalue weighted by molar-refractivity contribution is 6.33. The molecule has 5 nitrogen and oxygen atoms in total. The second-order valence-corrected chi connectivity index (χ2v) is 6.80. The Balaban J connectivity index is 1.88. The Kier molecular flexibility index (Phi) is 3.98. The van der Waals surface area contributed by atoms with Crippen LogP contribution in [0.15, 0.2) is 40.2 Å². The van der Waals surface area contributed by atoms with E-state index in [1.807, 2.05) is 6.92 Å². The maximum atomic E-state index is 14.8. The summed E-state index contributed by atoms with van der Waals surface area (Å²) in [5.41, 5.74) is 1.30. The number of fused-ring (bicyclic) bond motifs is 1. The largest absolute Gasteiger partial charge is 0.308 e. The maximum absolute atomic E-state index is 14.8. The van der Waals surface area contributed by atoms with Crippen LogP contribution in [0.25, 0.3) is 10.9 Å². The lowest BCUT2D eigenvalue weighted by Gasteiger charge is -2.18. The molecule has 1 aliphatic heterocycles. The van der Waals surface area contributed by atoms with Crippen molar-refractivity contribution in [2.24, 2.45) is 0 Å². The molecule has 2 amide bonds. The number of aryl methyl sites for hydroxylation is 1. The van der Waals surface area contributed by atoms with Crippen LogP contribution in [-0.4, -0.2) is 16.4 Å². The van der Waals surface area contributed by atoms with Crippen LogP contribution in [0.4, 0.5) is 10.1 Å². The molecule has 2 heterocycles. The van der Waals surface area contributed by atoms with E-state index in [1.165, 1.54) is 18.2 Å². The Morgan fingerprint density at radius 1 is 1.00 bits per heavy atom. The van der Waals surface area contributed by atoms with Gasteiger partial charge in [0.2, 0.25) is 0 Å². The van der Waals surface area contributed by atoms with Crippen molar-refractivity contribution in [3.05, 3.63) is 51.6 Å². The lowest BCUT2D eigenvalue weighted by Crippen LogP contribution is -2.32. The molecular weight excluding hydrogens is 335 g/mol. The third kappa shape index (κ3) is 2.40. The smallest absolute Gasteiger partial charge is 0.261 e. The summed E-state index contributed by atoms with van der Waals surface area (Å²) in [7, 11) is 0. The van der Waals surface area contributed by atoms with E-state index >= 15 is 0 Å². The van der Waals surface area contributed by atoms with Crippen LogP contribution < -0.4 is 10.5 Å². The minimum absolute atomic E-state index is 0.0719. The van der Waals surface area contributed by atoms with Gasteiger partial charge >= 0.3 is 0 Å². The number of amides is 2. The molecule has 0 radical (unpaired) electrons. The summed E-state index contributed by atoms with van der Waals surface area (Å²) in [6.45, 7) is 2.43. The lowest BCUT2D eigenvalue weighted by atomic mass is 9.93. The zero-order chi connectivity index (χ0) is 18.4. The highest BCUT2D eigenvalue weighted by Crippen LogP contribution is 2.37. The van der Waals surface area contributed by atoms with Crippen molar-refractivity contribution in [2.45, 2.75) is 45.6 Å². The number of carbonyl (C=O) groups is 2. The number of hydrogen-bond donors (Lipinski definition) is 0. The molecule has 6 heteroatoms. The molecular formula is C20H19FN2O3. The second kappa shape index (κ2) is 6.20. The van der Waals surface area contributed by atoms with Gasteiger partial charge in [0.25, 0.3) is 17.4 Å². The number of rotatable bonds is 3. The predicted molar refractivity (Wildman–Crippen MR) is 96.4 cm³/mol. The quantitative estimate of drug-likeness (QED) is 0.795. The maximum Gasteiger partial charge on any atom is 0.261 e. The van der Waals surface area contributed by atoms with E-state index in [4.69, 9.17) is 0 Å². The molecule has 0 bridgehead atoms. The summed E-state index contributed by atoms with van der Waals surface area (Å²) in [4.78, 5) is 38.6. The van der Waals surface area contributed by atoms with Gasteiger partial charge in [-0.15, -0.1) is 0 Å². The van der Waals surface area contributed by atoms with Gasteiger partial charge in [0, 0.05) is 29.1 Å². The molecule has 134 valence electrons. The topological polar surface area (TPSA) is 59.4 Å². The van der Waals surface area contributed by atoms with E-state index in [9.17, 15) is 18.8 Å². The molecule has 1 aromatic carbocycles. The number of anilines is 1. The number of imide groups is 1. The van der Waals surface area contributed by atoms with Crippen LogP contribution >= 0.6 is 0 Å². The standard InChI is InChI=1S/C20H19FN2O3/c1-2-9-22-16-11-17(15(21)10-12(16)7-8-18(22)24)23-19(25)13-5-3-4-6-14(13)20(23)26/h7-8,10-11H,2-6,9H2,1H3. The van der Waals surface area contributed by atoms with E-state index in [1.54, 1.807) is 10.6 Å². The minimum atomic E-state index is -0.638. The van der Waals surface area contributed by atoms with Gasteiger partial charge in [-0.05, 0) is 50.3 Å². The summed E-state index contributed by atoms with van der Waals surface area (Å²) >= 11 is 0.